The van der Waals surface area contributed by atoms with E-state index in [4.69, 9.17) is 4.74 Å². The van der Waals surface area contributed by atoms with Crippen LogP contribution in [0.15, 0.2) is 48.8 Å². The summed E-state index contributed by atoms with van der Waals surface area (Å²) >= 11 is 0. The minimum absolute atomic E-state index is 0.0599. The number of carbonyl (C=O) groups is 1. The number of hydrogen-bond donors (Lipinski definition) is 1. The summed E-state index contributed by atoms with van der Waals surface area (Å²) in [5, 5.41) is 3.17. The van der Waals surface area contributed by atoms with Gasteiger partial charge < -0.3 is 10.1 Å². The molecule has 3 aromatic rings. The Hall–Kier alpha value is -2.89. The van der Waals surface area contributed by atoms with Crippen molar-refractivity contribution in [1.82, 2.24) is 19.7 Å². The van der Waals surface area contributed by atoms with E-state index in [0.717, 1.165) is 37.0 Å². The zero-order chi connectivity index (χ0) is 17.9. The highest BCUT2D eigenvalue weighted by atomic mass is 16.5. The second-order valence-corrected chi connectivity index (χ2v) is 6.71. The molecule has 1 amide bonds. The van der Waals surface area contributed by atoms with Gasteiger partial charge in [-0.2, -0.15) is 0 Å². The third-order valence-corrected chi connectivity index (χ3v) is 4.85. The largest absolute Gasteiger partial charge is 0.474 e. The normalized spacial score (nSPS) is 20.0. The first-order chi connectivity index (χ1) is 12.7. The topological polar surface area (TPSA) is 68.5 Å². The van der Waals surface area contributed by atoms with Gasteiger partial charge >= 0.3 is 0 Å². The molecule has 1 N–H and O–H groups in total. The number of aryl methyl sites for hydroxylation is 1. The van der Waals surface area contributed by atoms with E-state index < -0.39 is 0 Å². The highest BCUT2D eigenvalue weighted by Gasteiger charge is 2.25. The van der Waals surface area contributed by atoms with Crippen LogP contribution < -0.4 is 10.1 Å². The first-order valence-electron chi connectivity index (χ1n) is 9.03. The SMILES string of the molecule is Cc1nc2ccccn2c1C(=O)NC1CCC(Oc2ccccn2)CC1. The fraction of sp³-hybridized carbons (Fsp3) is 0.350. The second-order valence-electron chi connectivity index (χ2n) is 6.71. The number of imidazole rings is 1. The number of aromatic nitrogens is 3. The van der Waals surface area contributed by atoms with Crippen LogP contribution in [0, 0.1) is 6.92 Å². The molecule has 6 heteroatoms. The molecule has 0 atom stereocenters. The fourth-order valence-corrected chi connectivity index (χ4v) is 3.55. The molecule has 0 unspecified atom stereocenters. The van der Waals surface area contributed by atoms with Gasteiger partial charge in [-0.3, -0.25) is 9.20 Å². The van der Waals surface area contributed by atoms with Crippen molar-refractivity contribution in [2.75, 3.05) is 0 Å². The van der Waals surface area contributed by atoms with Gasteiger partial charge in [-0.25, -0.2) is 9.97 Å². The number of ether oxygens (including phenoxy) is 1. The van der Waals surface area contributed by atoms with Crippen LogP contribution in [0.1, 0.15) is 41.9 Å². The molecule has 4 rings (SSSR count). The van der Waals surface area contributed by atoms with Crippen molar-refractivity contribution in [1.29, 1.82) is 0 Å². The van der Waals surface area contributed by atoms with Crippen LogP contribution in [0.4, 0.5) is 0 Å². The van der Waals surface area contributed by atoms with Gasteiger partial charge in [-0.05, 0) is 50.8 Å². The van der Waals surface area contributed by atoms with Crippen LogP contribution in [-0.2, 0) is 0 Å². The first-order valence-corrected chi connectivity index (χ1v) is 9.03. The molecule has 1 aliphatic carbocycles. The van der Waals surface area contributed by atoms with Gasteiger partial charge in [0, 0.05) is 24.5 Å². The Morgan fingerprint density at radius 1 is 1.15 bits per heavy atom. The number of hydrogen-bond acceptors (Lipinski definition) is 4. The van der Waals surface area contributed by atoms with Crippen LogP contribution in [0.3, 0.4) is 0 Å². The van der Waals surface area contributed by atoms with E-state index in [1.807, 2.05) is 53.9 Å². The lowest BCUT2D eigenvalue weighted by molar-refractivity contribution is 0.0884. The van der Waals surface area contributed by atoms with E-state index in [1.165, 1.54) is 0 Å². The van der Waals surface area contributed by atoms with Crippen molar-refractivity contribution in [2.24, 2.45) is 0 Å². The Morgan fingerprint density at radius 2 is 1.96 bits per heavy atom. The smallest absolute Gasteiger partial charge is 0.270 e. The quantitative estimate of drug-likeness (QED) is 0.785. The Bertz CT molecular complexity index is 899. The number of pyridine rings is 2. The van der Waals surface area contributed by atoms with Crippen molar-refractivity contribution >= 4 is 11.6 Å². The number of rotatable bonds is 4. The third kappa shape index (κ3) is 3.40. The van der Waals surface area contributed by atoms with E-state index >= 15 is 0 Å². The lowest BCUT2D eigenvalue weighted by atomic mass is 9.93. The molecule has 0 spiro atoms. The molecule has 134 valence electrons. The van der Waals surface area contributed by atoms with Crippen LogP contribution in [0.2, 0.25) is 0 Å². The molecular formula is C20H22N4O2. The van der Waals surface area contributed by atoms with Crippen LogP contribution >= 0.6 is 0 Å². The van der Waals surface area contributed by atoms with Crippen LogP contribution in [0.5, 0.6) is 5.88 Å². The summed E-state index contributed by atoms with van der Waals surface area (Å²) in [5.74, 6) is 0.608. The first kappa shape index (κ1) is 16.6. The third-order valence-electron chi connectivity index (χ3n) is 4.85. The highest BCUT2D eigenvalue weighted by Crippen LogP contribution is 2.23. The summed E-state index contributed by atoms with van der Waals surface area (Å²) < 4.78 is 7.77. The van der Waals surface area contributed by atoms with Crippen molar-refractivity contribution in [2.45, 2.75) is 44.8 Å². The number of carbonyl (C=O) groups excluding carboxylic acids is 1. The molecule has 3 heterocycles. The summed E-state index contributed by atoms with van der Waals surface area (Å²) in [6.07, 6.45) is 7.40. The van der Waals surface area contributed by atoms with Gasteiger partial charge in [0.25, 0.3) is 5.91 Å². The summed E-state index contributed by atoms with van der Waals surface area (Å²) in [5.41, 5.74) is 2.16. The summed E-state index contributed by atoms with van der Waals surface area (Å²) in [7, 11) is 0. The van der Waals surface area contributed by atoms with Gasteiger partial charge in [0.1, 0.15) is 17.4 Å². The molecule has 26 heavy (non-hydrogen) atoms. The molecule has 1 aliphatic rings. The summed E-state index contributed by atoms with van der Waals surface area (Å²) in [6, 6.07) is 11.6. The molecule has 1 saturated carbocycles. The predicted octanol–water partition coefficient (Wildman–Crippen LogP) is 3.16. The standard InChI is InChI=1S/C20H22N4O2/c1-14-19(24-13-5-3-6-17(24)22-14)20(25)23-15-8-10-16(11-9-15)26-18-7-2-4-12-21-18/h2-7,12-13,15-16H,8-11H2,1H3,(H,23,25). The van der Waals surface area contributed by atoms with Crippen molar-refractivity contribution in [3.8, 4) is 5.88 Å². The Balaban J connectivity index is 1.37. The van der Waals surface area contributed by atoms with Crippen molar-refractivity contribution < 1.29 is 9.53 Å². The maximum absolute atomic E-state index is 12.8. The van der Waals surface area contributed by atoms with Gasteiger partial charge in [0.15, 0.2) is 0 Å². The minimum atomic E-state index is -0.0599. The lowest BCUT2D eigenvalue weighted by Gasteiger charge is -2.29. The summed E-state index contributed by atoms with van der Waals surface area (Å²) in [6.45, 7) is 1.87. The predicted molar refractivity (Wildman–Crippen MR) is 98.3 cm³/mol. The van der Waals surface area contributed by atoms with Gasteiger partial charge in [-0.15, -0.1) is 0 Å². The van der Waals surface area contributed by atoms with E-state index in [2.05, 4.69) is 15.3 Å². The molecule has 0 saturated heterocycles. The molecule has 0 bridgehead atoms. The Labute approximate surface area is 152 Å². The highest BCUT2D eigenvalue weighted by molar-refractivity contribution is 5.94. The maximum atomic E-state index is 12.8. The number of amides is 1. The second kappa shape index (κ2) is 7.15. The number of nitrogens with one attached hydrogen (secondary N) is 1. The zero-order valence-corrected chi connectivity index (χ0v) is 14.8. The van der Waals surface area contributed by atoms with Gasteiger partial charge in [0.05, 0.1) is 5.69 Å². The summed E-state index contributed by atoms with van der Waals surface area (Å²) in [4.78, 5) is 21.4. The monoisotopic (exact) mass is 350 g/mol. The van der Waals surface area contributed by atoms with Crippen LogP contribution in [-0.4, -0.2) is 32.4 Å². The van der Waals surface area contributed by atoms with Gasteiger partial charge in [0.2, 0.25) is 5.88 Å². The molecular weight excluding hydrogens is 328 g/mol. The Kier molecular flexibility index (Phi) is 4.56. The van der Waals surface area contributed by atoms with E-state index in [9.17, 15) is 4.79 Å². The van der Waals surface area contributed by atoms with Crippen molar-refractivity contribution in [3.05, 3.63) is 60.2 Å². The fourth-order valence-electron chi connectivity index (χ4n) is 3.55. The van der Waals surface area contributed by atoms with E-state index in [1.54, 1.807) is 6.20 Å². The average Bonchev–Trinajstić information content (AvgIpc) is 3.00. The zero-order valence-electron chi connectivity index (χ0n) is 14.8. The van der Waals surface area contributed by atoms with E-state index in [-0.39, 0.29) is 18.1 Å². The maximum Gasteiger partial charge on any atom is 0.270 e. The average molecular weight is 350 g/mol. The molecule has 0 aliphatic heterocycles. The minimum Gasteiger partial charge on any atom is -0.474 e. The van der Waals surface area contributed by atoms with Crippen molar-refractivity contribution in [3.63, 3.8) is 0 Å². The molecule has 3 aromatic heterocycles. The van der Waals surface area contributed by atoms with Crippen LogP contribution in [0.25, 0.3) is 5.65 Å². The Morgan fingerprint density at radius 3 is 2.73 bits per heavy atom. The molecule has 6 nitrogen and oxygen atoms in total. The van der Waals surface area contributed by atoms with E-state index in [0.29, 0.717) is 11.6 Å². The lowest BCUT2D eigenvalue weighted by Crippen LogP contribution is -2.40. The number of fused-ring (bicyclic) bond motifs is 1. The molecule has 0 radical (unpaired) electrons. The number of nitrogens with zero attached hydrogens (tertiary/aromatic N) is 3. The molecule has 0 aromatic carbocycles. The van der Waals surface area contributed by atoms with Gasteiger partial charge in [-0.1, -0.05) is 12.1 Å². The molecule has 1 fully saturated rings.